The predicted molar refractivity (Wildman–Crippen MR) is 134 cm³/mol. The maximum absolute atomic E-state index is 11.8. The maximum Gasteiger partial charge on any atom is 0.407 e. The summed E-state index contributed by atoms with van der Waals surface area (Å²) in [7, 11) is 0. The Hall–Kier alpha value is -1.34. The third-order valence-electron chi connectivity index (χ3n) is 5.26. The van der Waals surface area contributed by atoms with E-state index in [-0.39, 0.29) is 5.97 Å². The number of hydrogen-bond donors (Lipinski definition) is 3. The lowest BCUT2D eigenvalue weighted by Crippen LogP contribution is -2.33. The first-order valence-electron chi connectivity index (χ1n) is 13.3. The molecule has 0 saturated carbocycles. The quantitative estimate of drug-likeness (QED) is 0.151. The predicted octanol–water partition coefficient (Wildman–Crippen LogP) is 5.49. The summed E-state index contributed by atoms with van der Waals surface area (Å²) < 4.78 is 10.5. The van der Waals surface area contributed by atoms with E-state index in [0.717, 1.165) is 32.2 Å². The minimum Gasteiger partial charge on any atom is -0.466 e. The zero-order valence-corrected chi connectivity index (χ0v) is 21.9. The third-order valence-corrected chi connectivity index (χ3v) is 5.26. The molecular weight excluding hydrogens is 420 g/mol. The Balaban J connectivity index is 3.41. The molecule has 7 nitrogen and oxygen atoms in total. The normalized spacial score (nSPS) is 12.4. The van der Waals surface area contributed by atoms with Crippen LogP contribution in [-0.2, 0) is 14.3 Å². The molecule has 0 aliphatic heterocycles. The molecule has 0 spiro atoms. The molecule has 0 aromatic rings. The molecule has 0 saturated heterocycles. The Morgan fingerprint density at radius 1 is 0.848 bits per heavy atom. The molecule has 33 heavy (non-hydrogen) atoms. The van der Waals surface area contributed by atoms with E-state index in [1.54, 1.807) is 0 Å². The molecule has 0 heterocycles. The smallest absolute Gasteiger partial charge is 0.407 e. The van der Waals surface area contributed by atoms with Crippen LogP contribution in [0.5, 0.6) is 0 Å². The topological polar surface area (TPSA) is 96.9 Å². The van der Waals surface area contributed by atoms with E-state index in [9.17, 15) is 14.7 Å². The molecule has 1 unspecified atom stereocenters. The van der Waals surface area contributed by atoms with Crippen LogP contribution in [0.25, 0.3) is 0 Å². The highest BCUT2D eigenvalue weighted by Gasteiger charge is 2.15. The molecule has 196 valence electrons. The van der Waals surface area contributed by atoms with E-state index in [0.29, 0.717) is 39.0 Å². The molecule has 0 rings (SSSR count). The lowest BCUT2D eigenvalue weighted by Gasteiger charge is -2.19. The van der Waals surface area contributed by atoms with Gasteiger partial charge in [-0.25, -0.2) is 4.79 Å². The van der Waals surface area contributed by atoms with Gasteiger partial charge in [0.05, 0.1) is 12.7 Å². The zero-order valence-electron chi connectivity index (χ0n) is 21.9. The zero-order chi connectivity index (χ0) is 24.8. The number of aliphatic hydroxyl groups excluding tert-OH is 1. The van der Waals surface area contributed by atoms with Gasteiger partial charge in [0.2, 0.25) is 0 Å². The second kappa shape index (κ2) is 21.2. The Bertz CT molecular complexity index is 480. The average Bonchev–Trinajstić information content (AvgIpc) is 2.73. The van der Waals surface area contributed by atoms with Gasteiger partial charge in [0.25, 0.3) is 0 Å². The van der Waals surface area contributed by atoms with Crippen LogP contribution in [0.3, 0.4) is 0 Å². The second-order valence-corrected chi connectivity index (χ2v) is 9.93. The van der Waals surface area contributed by atoms with Gasteiger partial charge >= 0.3 is 12.1 Å². The van der Waals surface area contributed by atoms with Crippen molar-refractivity contribution in [3.8, 4) is 0 Å². The number of amides is 1. The summed E-state index contributed by atoms with van der Waals surface area (Å²) in [6.45, 7) is 10.1. The summed E-state index contributed by atoms with van der Waals surface area (Å²) in [6, 6.07) is 0. The van der Waals surface area contributed by atoms with E-state index < -0.39 is 17.8 Å². The minimum atomic E-state index is -0.481. The SMILES string of the molecule is CCCCCCCCCCCOC(=O)CCCC(O)CNCCCCNC(=O)OC(C)(C)C. The number of esters is 1. The molecule has 0 bridgehead atoms. The van der Waals surface area contributed by atoms with Gasteiger partial charge in [0, 0.05) is 19.5 Å². The second-order valence-electron chi connectivity index (χ2n) is 9.93. The van der Waals surface area contributed by atoms with Gasteiger partial charge in [-0.15, -0.1) is 0 Å². The fraction of sp³-hybridized carbons (Fsp3) is 0.923. The Morgan fingerprint density at radius 2 is 1.45 bits per heavy atom. The number of hydrogen-bond acceptors (Lipinski definition) is 6. The monoisotopic (exact) mass is 472 g/mol. The van der Waals surface area contributed by atoms with Crippen LogP contribution in [0.2, 0.25) is 0 Å². The maximum atomic E-state index is 11.8. The highest BCUT2D eigenvalue weighted by molar-refractivity contribution is 5.69. The summed E-state index contributed by atoms with van der Waals surface area (Å²) in [4.78, 5) is 23.3. The first-order valence-corrected chi connectivity index (χ1v) is 13.3. The van der Waals surface area contributed by atoms with Gasteiger partial charge in [0.1, 0.15) is 5.60 Å². The van der Waals surface area contributed by atoms with Gasteiger partial charge in [0.15, 0.2) is 0 Å². The molecule has 0 fully saturated rings. The molecule has 1 atom stereocenters. The van der Waals surface area contributed by atoms with Gasteiger partial charge < -0.3 is 25.2 Å². The standard InChI is InChI=1S/C26H52N2O5/c1-5-6-7-8-9-10-11-12-15-21-32-24(30)18-16-17-23(29)22-27-19-13-14-20-28-25(31)33-26(2,3)4/h23,27,29H,5-22H2,1-4H3,(H,28,31). The number of rotatable bonds is 21. The molecule has 0 radical (unpaired) electrons. The molecule has 0 aromatic carbocycles. The molecule has 0 aliphatic carbocycles. The van der Waals surface area contributed by atoms with Crippen LogP contribution in [0.4, 0.5) is 4.79 Å². The fourth-order valence-electron chi connectivity index (χ4n) is 3.40. The van der Waals surface area contributed by atoms with Gasteiger partial charge in [-0.2, -0.15) is 0 Å². The number of aliphatic hydroxyl groups is 1. The highest BCUT2D eigenvalue weighted by atomic mass is 16.6. The van der Waals surface area contributed by atoms with Crippen LogP contribution in [0, 0.1) is 0 Å². The summed E-state index contributed by atoms with van der Waals surface area (Å²) in [5.41, 5.74) is -0.481. The van der Waals surface area contributed by atoms with Crippen LogP contribution in [0.15, 0.2) is 0 Å². The van der Waals surface area contributed by atoms with Crippen molar-refractivity contribution in [2.75, 3.05) is 26.2 Å². The Labute approximate surface area is 202 Å². The van der Waals surface area contributed by atoms with Crippen molar-refractivity contribution in [3.05, 3.63) is 0 Å². The van der Waals surface area contributed by atoms with Gasteiger partial charge in [-0.3, -0.25) is 4.79 Å². The molecule has 1 amide bonds. The Morgan fingerprint density at radius 3 is 2.09 bits per heavy atom. The molecule has 0 aromatic heterocycles. The van der Waals surface area contributed by atoms with Gasteiger partial charge in [-0.05, 0) is 59.4 Å². The Kier molecular flexibility index (Phi) is 20.3. The van der Waals surface area contributed by atoms with Gasteiger partial charge in [-0.1, -0.05) is 58.3 Å². The minimum absolute atomic E-state index is 0.160. The number of unbranched alkanes of at least 4 members (excludes halogenated alkanes) is 9. The molecular formula is C26H52N2O5. The van der Waals surface area contributed by atoms with Crippen LogP contribution < -0.4 is 10.6 Å². The lowest BCUT2D eigenvalue weighted by molar-refractivity contribution is -0.144. The van der Waals surface area contributed by atoms with E-state index >= 15 is 0 Å². The molecule has 0 aliphatic rings. The van der Waals surface area contributed by atoms with Crippen molar-refractivity contribution in [2.45, 2.75) is 129 Å². The number of carbonyl (C=O) groups is 2. The van der Waals surface area contributed by atoms with Crippen molar-refractivity contribution >= 4 is 12.1 Å². The molecule has 3 N–H and O–H groups in total. The van der Waals surface area contributed by atoms with Crippen molar-refractivity contribution in [1.29, 1.82) is 0 Å². The van der Waals surface area contributed by atoms with Crippen LogP contribution in [0.1, 0.15) is 118 Å². The lowest BCUT2D eigenvalue weighted by atomic mass is 10.1. The van der Waals surface area contributed by atoms with E-state index in [1.807, 2.05) is 20.8 Å². The van der Waals surface area contributed by atoms with Crippen molar-refractivity contribution in [2.24, 2.45) is 0 Å². The largest absolute Gasteiger partial charge is 0.466 e. The summed E-state index contributed by atoms with van der Waals surface area (Å²) in [5.74, 6) is -0.160. The number of alkyl carbamates (subject to hydrolysis) is 1. The third kappa shape index (κ3) is 25.1. The summed E-state index contributed by atoms with van der Waals surface area (Å²) in [5, 5.41) is 16.0. The summed E-state index contributed by atoms with van der Waals surface area (Å²) in [6.07, 6.45) is 13.7. The van der Waals surface area contributed by atoms with Crippen LogP contribution in [-0.4, -0.2) is 55.1 Å². The first-order chi connectivity index (χ1) is 15.7. The number of ether oxygens (including phenoxy) is 2. The van der Waals surface area contributed by atoms with E-state index in [1.165, 1.54) is 44.9 Å². The average molecular weight is 473 g/mol. The van der Waals surface area contributed by atoms with Crippen LogP contribution >= 0.6 is 0 Å². The number of carbonyl (C=O) groups excluding carboxylic acids is 2. The van der Waals surface area contributed by atoms with Crippen molar-refractivity contribution in [3.63, 3.8) is 0 Å². The summed E-state index contributed by atoms with van der Waals surface area (Å²) >= 11 is 0. The van der Waals surface area contributed by atoms with Crippen molar-refractivity contribution < 1.29 is 24.2 Å². The number of nitrogens with one attached hydrogen (secondary N) is 2. The first kappa shape index (κ1) is 31.7. The fourth-order valence-corrected chi connectivity index (χ4v) is 3.40. The van der Waals surface area contributed by atoms with E-state index in [2.05, 4.69) is 17.6 Å². The van der Waals surface area contributed by atoms with Crippen molar-refractivity contribution in [1.82, 2.24) is 10.6 Å². The molecule has 7 heteroatoms. The highest BCUT2D eigenvalue weighted by Crippen LogP contribution is 2.10. The van der Waals surface area contributed by atoms with E-state index in [4.69, 9.17) is 9.47 Å².